The van der Waals surface area contributed by atoms with Gasteiger partial charge in [-0.1, -0.05) is 120 Å². The number of aromatic nitrogens is 3. The first-order chi connectivity index (χ1) is 23.2. The van der Waals surface area contributed by atoms with Crippen LogP contribution in [-0.4, -0.2) is 15.3 Å². The minimum Gasteiger partial charge on any atom is -0.262 e. The van der Waals surface area contributed by atoms with Gasteiger partial charge in [0.15, 0.2) is 0 Å². The van der Waals surface area contributed by atoms with Crippen molar-refractivity contribution in [2.75, 3.05) is 0 Å². The first-order valence-corrected chi connectivity index (χ1v) is 17.3. The maximum Gasteiger partial charge on any atom is 0.263 e. The molecule has 0 amide bonds. The lowest BCUT2D eigenvalue weighted by atomic mass is 9.92. The lowest BCUT2D eigenvalue weighted by Gasteiger charge is -2.14. The average molecular weight is 638 g/mol. The quantitative estimate of drug-likeness (QED) is 0.123. The zero-order valence-electron chi connectivity index (χ0n) is 30.2. The summed E-state index contributed by atoms with van der Waals surface area (Å²) in [7, 11) is 0. The first kappa shape index (κ1) is 36.0. The highest BCUT2D eigenvalue weighted by Crippen LogP contribution is 2.38. The lowest BCUT2D eigenvalue weighted by molar-refractivity contribution is -0.602. The molecule has 5 aromatic rings. The second-order valence-corrected chi connectivity index (χ2v) is 12.8. The molecule has 6 rings (SSSR count). The molecular weight excluding hydrogens is 585 g/mol. The van der Waals surface area contributed by atoms with Crippen molar-refractivity contribution in [3.05, 3.63) is 150 Å². The number of fused-ring (bicyclic) bond motifs is 1. The van der Waals surface area contributed by atoms with Gasteiger partial charge in [-0.15, -0.1) is 0 Å². The molecule has 1 aliphatic carbocycles. The predicted octanol–water partition coefficient (Wildman–Crippen LogP) is 11.1. The number of pyridine rings is 1. The molecule has 248 valence electrons. The number of rotatable bonds is 8. The maximum absolute atomic E-state index is 4.79. The van der Waals surface area contributed by atoms with Crippen LogP contribution in [-0.2, 0) is 6.42 Å². The summed E-state index contributed by atoms with van der Waals surface area (Å²) in [5.74, 6) is 3.01. The Morgan fingerprint density at radius 3 is 2.06 bits per heavy atom. The molecule has 2 atom stereocenters. The minimum absolute atomic E-state index is 0.835. The second kappa shape index (κ2) is 17.4. The molecule has 4 heteroatoms. The van der Waals surface area contributed by atoms with Crippen molar-refractivity contribution >= 4 is 11.3 Å². The first-order valence-electron chi connectivity index (χ1n) is 17.3. The second-order valence-electron chi connectivity index (χ2n) is 12.8. The van der Waals surface area contributed by atoms with E-state index >= 15 is 0 Å². The van der Waals surface area contributed by atoms with E-state index in [4.69, 9.17) is 4.99 Å². The van der Waals surface area contributed by atoms with Gasteiger partial charge in [0.25, 0.3) is 5.82 Å². The van der Waals surface area contributed by atoms with Crippen molar-refractivity contribution in [3.8, 4) is 22.6 Å². The van der Waals surface area contributed by atoms with Gasteiger partial charge in [-0.2, -0.15) is 9.13 Å². The smallest absolute Gasteiger partial charge is 0.262 e. The van der Waals surface area contributed by atoms with Crippen molar-refractivity contribution in [1.82, 2.24) is 9.55 Å². The van der Waals surface area contributed by atoms with Crippen molar-refractivity contribution in [3.63, 3.8) is 0 Å². The van der Waals surface area contributed by atoms with Crippen LogP contribution in [0.2, 0.25) is 0 Å². The van der Waals surface area contributed by atoms with Crippen LogP contribution in [0.3, 0.4) is 0 Å². The largest absolute Gasteiger partial charge is 0.263 e. The maximum atomic E-state index is 4.79. The summed E-state index contributed by atoms with van der Waals surface area (Å²) in [6.07, 6.45) is 11.5. The number of benzene rings is 3. The van der Waals surface area contributed by atoms with Crippen LogP contribution in [0.5, 0.6) is 0 Å². The molecule has 0 bridgehead atoms. The summed E-state index contributed by atoms with van der Waals surface area (Å²) in [5, 5.41) is 0. The number of imidazole rings is 1. The lowest BCUT2D eigenvalue weighted by Crippen LogP contribution is -2.35. The molecule has 2 heterocycles. The molecule has 0 aliphatic heterocycles. The number of allylic oxidation sites excluding steroid dienone is 3. The number of aryl methyl sites for hydroxylation is 1. The summed E-state index contributed by atoms with van der Waals surface area (Å²) in [6, 6.07) is 31.0. The summed E-state index contributed by atoms with van der Waals surface area (Å²) < 4.78 is 4.53. The van der Waals surface area contributed by atoms with Crippen molar-refractivity contribution in [2.45, 2.75) is 74.7 Å². The van der Waals surface area contributed by atoms with E-state index < -0.39 is 0 Å². The average Bonchev–Trinajstić information content (AvgIpc) is 3.67. The molecule has 1 aliphatic rings. The topological polar surface area (TPSA) is 34.1 Å². The Hall–Kier alpha value is -4.83. The fourth-order valence-electron chi connectivity index (χ4n) is 6.05. The highest BCUT2D eigenvalue weighted by Gasteiger charge is 2.28. The van der Waals surface area contributed by atoms with Crippen LogP contribution in [0.4, 0.5) is 0 Å². The van der Waals surface area contributed by atoms with Gasteiger partial charge in [0.2, 0.25) is 0 Å². The van der Waals surface area contributed by atoms with Crippen molar-refractivity contribution < 1.29 is 4.57 Å². The molecule has 0 radical (unpaired) electrons. The third-order valence-electron chi connectivity index (χ3n) is 9.32. The van der Waals surface area contributed by atoms with Crippen LogP contribution >= 0.6 is 0 Å². The van der Waals surface area contributed by atoms with Gasteiger partial charge in [0.1, 0.15) is 23.8 Å². The van der Waals surface area contributed by atoms with Gasteiger partial charge in [-0.3, -0.25) is 9.98 Å². The Bertz CT molecular complexity index is 1780. The highest BCUT2D eigenvalue weighted by molar-refractivity contribution is 5.88. The zero-order valence-corrected chi connectivity index (χ0v) is 30.2. The fraction of sp³-hybridized carbons (Fsp3) is 0.295. The van der Waals surface area contributed by atoms with Crippen LogP contribution < -0.4 is 4.57 Å². The standard InChI is InChI=1S/C25H26N3.C11H9N.C8H18/c1-6-21-22-13-12-18(4)25(23(22)16-24(21)26-17(2)3)28-15-14-27(19(28)5)20-10-8-7-9-11-20;1-2-6-10(7-3-1)11-8-4-5-9-12-11;1-5-7(3)8(4)6-2/h6-15H,1,16H2,2-5H3;1-9H;7-8H,5-6H2,1-4H3/q+1;;. The molecule has 3 aromatic carbocycles. The Labute approximate surface area is 289 Å². The third kappa shape index (κ3) is 8.74. The summed E-state index contributed by atoms with van der Waals surface area (Å²) in [5.41, 5.74) is 11.8. The Morgan fingerprint density at radius 2 is 1.50 bits per heavy atom. The molecule has 0 spiro atoms. The number of para-hydroxylation sites is 1. The summed E-state index contributed by atoms with van der Waals surface area (Å²) in [6.45, 7) is 21.7. The predicted molar refractivity (Wildman–Crippen MR) is 205 cm³/mol. The van der Waals surface area contributed by atoms with Gasteiger partial charge < -0.3 is 0 Å². The van der Waals surface area contributed by atoms with E-state index in [0.29, 0.717) is 0 Å². The molecule has 48 heavy (non-hydrogen) atoms. The Morgan fingerprint density at radius 1 is 0.875 bits per heavy atom. The number of hydrogen-bond acceptors (Lipinski definition) is 2. The van der Waals surface area contributed by atoms with Gasteiger partial charge in [0.05, 0.1) is 11.4 Å². The van der Waals surface area contributed by atoms with Gasteiger partial charge >= 0.3 is 0 Å². The molecule has 4 nitrogen and oxygen atoms in total. The van der Waals surface area contributed by atoms with Crippen LogP contribution in [0, 0.1) is 25.7 Å². The normalized spacial score (nSPS) is 12.9. The molecule has 0 N–H and O–H groups in total. The zero-order chi connectivity index (χ0) is 34.6. The van der Waals surface area contributed by atoms with Gasteiger partial charge in [-0.25, -0.2) is 0 Å². The minimum atomic E-state index is 0.835. The third-order valence-corrected chi connectivity index (χ3v) is 9.32. The van der Waals surface area contributed by atoms with Crippen LogP contribution in [0.1, 0.15) is 76.9 Å². The molecule has 2 aromatic heterocycles. The van der Waals surface area contributed by atoms with E-state index in [-0.39, 0.29) is 0 Å². The van der Waals surface area contributed by atoms with E-state index in [1.54, 1.807) is 0 Å². The van der Waals surface area contributed by atoms with E-state index in [2.05, 4.69) is 123 Å². The van der Waals surface area contributed by atoms with E-state index in [1.807, 2.05) is 68.6 Å². The molecular formula is C44H53N4+. The Kier molecular flexibility index (Phi) is 13.0. The Balaban J connectivity index is 0.000000213. The summed E-state index contributed by atoms with van der Waals surface area (Å²) in [4.78, 5) is 9.04. The van der Waals surface area contributed by atoms with Crippen molar-refractivity contribution in [1.29, 1.82) is 0 Å². The van der Waals surface area contributed by atoms with E-state index in [1.165, 1.54) is 46.7 Å². The molecule has 0 saturated heterocycles. The monoisotopic (exact) mass is 637 g/mol. The number of hydrogen-bond donors (Lipinski definition) is 0. The number of aliphatic imine (C=N–C) groups is 1. The van der Waals surface area contributed by atoms with E-state index in [0.717, 1.165) is 46.5 Å². The molecule has 2 unspecified atom stereocenters. The summed E-state index contributed by atoms with van der Waals surface area (Å²) >= 11 is 0. The van der Waals surface area contributed by atoms with Crippen molar-refractivity contribution in [2.24, 2.45) is 16.8 Å². The fourth-order valence-corrected chi connectivity index (χ4v) is 6.05. The van der Waals surface area contributed by atoms with Crippen LogP contribution in [0.15, 0.2) is 133 Å². The molecule has 0 fully saturated rings. The van der Waals surface area contributed by atoms with E-state index in [9.17, 15) is 0 Å². The molecule has 0 saturated carbocycles. The highest BCUT2D eigenvalue weighted by atomic mass is 15.2. The van der Waals surface area contributed by atoms with Gasteiger partial charge in [-0.05, 0) is 68.0 Å². The van der Waals surface area contributed by atoms with Gasteiger partial charge in [0, 0.05) is 42.0 Å². The van der Waals surface area contributed by atoms with Crippen LogP contribution in [0.25, 0.3) is 28.2 Å². The SMILES string of the molecule is C=CC1=C(N=C(C)C)Cc2c1ccc(C)c2-[n+]1ccn(-c2ccccc2)c1C.CCC(C)C(C)CC.c1ccc(-c2ccccn2)cc1. The number of nitrogens with zero attached hydrogens (tertiary/aromatic N) is 4.